The summed E-state index contributed by atoms with van der Waals surface area (Å²) in [6.07, 6.45) is 0. The van der Waals surface area contributed by atoms with Gasteiger partial charge in [0, 0.05) is 11.1 Å². The Morgan fingerprint density at radius 3 is 1.21 bits per heavy atom. The van der Waals surface area contributed by atoms with Crippen molar-refractivity contribution >= 4 is 57.5 Å². The van der Waals surface area contributed by atoms with E-state index in [2.05, 4.69) is 31.7 Å². The zero-order valence-corrected chi connectivity index (χ0v) is 21.5. The second-order valence-electron chi connectivity index (χ2n) is 7.74. The molecule has 4 N–H and O–H groups in total. The van der Waals surface area contributed by atoms with Crippen molar-refractivity contribution < 1.29 is 8.78 Å². The largest absolute Gasteiger partial charge is 0.329 e. The van der Waals surface area contributed by atoms with Crippen LogP contribution < -0.4 is 21.5 Å². The third-order valence-electron chi connectivity index (χ3n) is 5.10. The van der Waals surface area contributed by atoms with Crippen molar-refractivity contribution in [2.45, 2.75) is 0 Å². The first-order chi connectivity index (χ1) is 18.5. The zero-order chi connectivity index (χ0) is 26.7. The molecule has 0 spiro atoms. The third-order valence-corrected chi connectivity index (χ3v) is 5.49. The van der Waals surface area contributed by atoms with E-state index in [1.54, 1.807) is 36.4 Å². The van der Waals surface area contributed by atoms with Gasteiger partial charge in [0.15, 0.2) is 10.2 Å². The Balaban J connectivity index is 1.65. The molecule has 4 aromatic rings. The van der Waals surface area contributed by atoms with Crippen LogP contribution >= 0.6 is 24.4 Å². The van der Waals surface area contributed by atoms with Crippen LogP contribution in [0.2, 0.25) is 0 Å². The van der Waals surface area contributed by atoms with Gasteiger partial charge in [0.1, 0.15) is 23.1 Å². The molecule has 6 nitrogen and oxygen atoms in total. The predicted molar refractivity (Wildman–Crippen MR) is 157 cm³/mol. The average Bonchev–Trinajstić information content (AvgIpc) is 2.94. The number of hydrogen-bond donors (Lipinski definition) is 4. The van der Waals surface area contributed by atoms with Crippen molar-refractivity contribution in [2.75, 3.05) is 10.6 Å². The maximum Gasteiger partial charge on any atom is 0.191 e. The number of thiocarbonyl (C=S) groups is 2. The van der Waals surface area contributed by atoms with Gasteiger partial charge >= 0.3 is 0 Å². The fourth-order valence-electron chi connectivity index (χ4n) is 3.34. The maximum absolute atomic E-state index is 14.1. The average molecular weight is 545 g/mol. The van der Waals surface area contributed by atoms with E-state index in [1.165, 1.54) is 12.1 Å². The highest BCUT2D eigenvalue weighted by molar-refractivity contribution is 7.80. The van der Waals surface area contributed by atoms with Gasteiger partial charge in [0.25, 0.3) is 0 Å². The van der Waals surface area contributed by atoms with Crippen LogP contribution in [-0.2, 0) is 0 Å². The molecule has 0 saturated carbocycles. The van der Waals surface area contributed by atoms with Crippen LogP contribution in [0.1, 0.15) is 11.1 Å². The quantitative estimate of drug-likeness (QED) is 0.129. The zero-order valence-electron chi connectivity index (χ0n) is 19.9. The van der Waals surface area contributed by atoms with E-state index in [4.69, 9.17) is 24.4 Å². The van der Waals surface area contributed by atoms with Crippen molar-refractivity contribution in [1.29, 1.82) is 0 Å². The van der Waals surface area contributed by atoms with Crippen molar-refractivity contribution in [1.82, 2.24) is 10.9 Å². The number of para-hydroxylation sites is 2. The summed E-state index contributed by atoms with van der Waals surface area (Å²) in [6, 6.07) is 31.0. The number of hydrogen-bond acceptors (Lipinski definition) is 4. The second kappa shape index (κ2) is 13.1. The second-order valence-corrected chi connectivity index (χ2v) is 8.56. The van der Waals surface area contributed by atoms with Gasteiger partial charge in [0.05, 0.1) is 11.4 Å². The molecule has 0 atom stereocenters. The third kappa shape index (κ3) is 7.25. The molecule has 190 valence electrons. The fraction of sp³-hybridized carbons (Fsp3) is 0. The van der Waals surface area contributed by atoms with Crippen molar-refractivity contribution in [2.24, 2.45) is 10.2 Å². The van der Waals surface area contributed by atoms with Crippen molar-refractivity contribution in [3.63, 3.8) is 0 Å². The van der Waals surface area contributed by atoms with E-state index >= 15 is 0 Å². The number of nitrogens with zero attached hydrogens (tertiary/aromatic N) is 2. The number of rotatable bonds is 7. The van der Waals surface area contributed by atoms with Gasteiger partial charge in [0.2, 0.25) is 0 Å². The lowest BCUT2D eigenvalue weighted by molar-refractivity contribution is 0.631. The molecular formula is C28H22F2N6S2. The summed E-state index contributed by atoms with van der Waals surface area (Å²) in [7, 11) is 0. The molecule has 0 saturated heterocycles. The highest BCUT2D eigenvalue weighted by Crippen LogP contribution is 2.14. The summed E-state index contributed by atoms with van der Waals surface area (Å²) in [5.41, 5.74) is 8.29. The molecule has 0 fully saturated rings. The van der Waals surface area contributed by atoms with E-state index in [0.29, 0.717) is 11.4 Å². The molecule has 4 aromatic carbocycles. The Hall–Kier alpha value is -4.54. The van der Waals surface area contributed by atoms with Crippen LogP contribution in [0.4, 0.5) is 20.2 Å². The maximum atomic E-state index is 14.1. The summed E-state index contributed by atoms with van der Waals surface area (Å²) < 4.78 is 28.1. The summed E-state index contributed by atoms with van der Waals surface area (Å²) in [5.74, 6) is -0.897. The minimum absolute atomic E-state index is 0.0839. The van der Waals surface area contributed by atoms with Gasteiger partial charge in [-0.25, -0.2) is 8.78 Å². The van der Waals surface area contributed by atoms with E-state index in [0.717, 1.165) is 11.1 Å². The predicted octanol–water partition coefficient (Wildman–Crippen LogP) is 6.05. The van der Waals surface area contributed by atoms with E-state index in [1.807, 2.05) is 60.7 Å². The highest BCUT2D eigenvalue weighted by atomic mass is 32.1. The molecule has 0 bridgehead atoms. The van der Waals surface area contributed by atoms with Crippen LogP contribution in [0.15, 0.2) is 119 Å². The number of nitrogens with one attached hydrogen (secondary N) is 4. The molecule has 10 heteroatoms. The van der Waals surface area contributed by atoms with Crippen LogP contribution in [0.25, 0.3) is 0 Å². The summed E-state index contributed by atoms with van der Waals surface area (Å²) in [6.45, 7) is 0. The molecule has 0 heterocycles. The number of hydrazone groups is 2. The normalized spacial score (nSPS) is 11.4. The minimum Gasteiger partial charge on any atom is -0.329 e. The van der Waals surface area contributed by atoms with Gasteiger partial charge in [-0.05, 0) is 48.7 Å². The van der Waals surface area contributed by atoms with E-state index in [-0.39, 0.29) is 21.6 Å². The Morgan fingerprint density at radius 1 is 0.500 bits per heavy atom. The van der Waals surface area contributed by atoms with Crippen LogP contribution in [0.5, 0.6) is 0 Å². The number of anilines is 2. The molecule has 4 rings (SSSR count). The molecule has 0 radical (unpaired) electrons. The monoisotopic (exact) mass is 544 g/mol. The van der Waals surface area contributed by atoms with Crippen LogP contribution in [-0.4, -0.2) is 21.6 Å². The Morgan fingerprint density at radius 2 is 0.842 bits per heavy atom. The number of benzene rings is 4. The molecule has 0 aliphatic carbocycles. The van der Waals surface area contributed by atoms with Gasteiger partial charge in [-0.3, -0.25) is 10.9 Å². The summed E-state index contributed by atoms with van der Waals surface area (Å²) in [4.78, 5) is 0. The molecular weight excluding hydrogens is 522 g/mol. The lowest BCUT2D eigenvalue weighted by Gasteiger charge is -2.14. The Bertz CT molecular complexity index is 1360. The van der Waals surface area contributed by atoms with Gasteiger partial charge < -0.3 is 10.6 Å². The minimum atomic E-state index is -0.449. The molecule has 0 aliphatic heterocycles. The van der Waals surface area contributed by atoms with Gasteiger partial charge in [-0.2, -0.15) is 10.2 Å². The van der Waals surface area contributed by atoms with Crippen LogP contribution in [0.3, 0.4) is 0 Å². The number of halogens is 2. The molecule has 38 heavy (non-hydrogen) atoms. The summed E-state index contributed by atoms with van der Waals surface area (Å²) >= 11 is 10.7. The molecule has 0 aromatic heterocycles. The topological polar surface area (TPSA) is 72.8 Å². The molecule has 0 aliphatic rings. The van der Waals surface area contributed by atoms with E-state index in [9.17, 15) is 8.78 Å². The van der Waals surface area contributed by atoms with E-state index < -0.39 is 11.6 Å². The van der Waals surface area contributed by atoms with Crippen LogP contribution in [0, 0.1) is 11.6 Å². The highest BCUT2D eigenvalue weighted by Gasteiger charge is 2.16. The summed E-state index contributed by atoms with van der Waals surface area (Å²) in [5, 5.41) is 14.8. The standard InChI is InChI=1S/C28H22F2N6S2/c29-21-15-7-9-17-23(21)31-27(37)35-33-25(19-11-3-1-4-12-19)26(20-13-5-2-6-14-20)34-36-28(38)32-24-18-10-8-16-22(24)30/h1-18H,(H2,31,35,37)(H2,32,36,38)/b33-25+,34-26+. The van der Waals surface area contributed by atoms with Gasteiger partial charge in [-0.15, -0.1) is 0 Å². The Labute approximate surface area is 229 Å². The Kier molecular flexibility index (Phi) is 9.17. The lowest BCUT2D eigenvalue weighted by atomic mass is 10.00. The molecule has 0 amide bonds. The smallest absolute Gasteiger partial charge is 0.191 e. The van der Waals surface area contributed by atoms with Crippen molar-refractivity contribution in [3.05, 3.63) is 132 Å². The van der Waals surface area contributed by atoms with Gasteiger partial charge in [-0.1, -0.05) is 84.9 Å². The first-order valence-electron chi connectivity index (χ1n) is 11.4. The first kappa shape index (κ1) is 26.5. The molecule has 0 unspecified atom stereocenters. The fourth-order valence-corrected chi connectivity index (χ4v) is 3.65. The van der Waals surface area contributed by atoms with Crippen molar-refractivity contribution in [3.8, 4) is 0 Å². The SMILES string of the molecule is Fc1ccccc1NC(=S)N/N=C(/C(=N/NC(=S)Nc1ccccc1F)c1ccccc1)c1ccccc1. The first-order valence-corrected chi connectivity index (χ1v) is 12.2. The lowest BCUT2D eigenvalue weighted by Crippen LogP contribution is -2.31.